The molecule has 0 spiro atoms. The minimum atomic E-state index is -4.61. The van der Waals surface area contributed by atoms with E-state index < -0.39 is 34.0 Å². The quantitative estimate of drug-likeness (QED) is 0.280. The number of nitrogens with one attached hydrogen (secondary N) is 1. The number of non-ortho nitro benzene ring substituents is 1. The Kier molecular flexibility index (Phi) is 7.46. The zero-order valence-corrected chi connectivity index (χ0v) is 22.2. The van der Waals surface area contributed by atoms with E-state index in [1.807, 2.05) is 0 Å². The molecule has 1 unspecified atom stereocenters. The molecule has 2 aliphatic rings. The van der Waals surface area contributed by atoms with Crippen molar-refractivity contribution in [2.45, 2.75) is 56.4 Å². The molecule has 5 rings (SSSR count). The van der Waals surface area contributed by atoms with Gasteiger partial charge in [0.25, 0.3) is 17.5 Å². The van der Waals surface area contributed by atoms with Crippen LogP contribution in [0.15, 0.2) is 66.7 Å². The molecule has 0 radical (unpaired) electrons. The van der Waals surface area contributed by atoms with Crippen LogP contribution in [0.3, 0.4) is 0 Å². The number of nitrogens with zero attached hydrogens (tertiary/aromatic N) is 2. The number of alkyl halides is 3. The third-order valence-electron chi connectivity index (χ3n) is 7.88. The van der Waals surface area contributed by atoms with Gasteiger partial charge in [-0.3, -0.25) is 19.7 Å². The van der Waals surface area contributed by atoms with Gasteiger partial charge in [-0.2, -0.15) is 13.2 Å². The van der Waals surface area contributed by atoms with Crippen molar-refractivity contribution in [3.63, 3.8) is 0 Å². The van der Waals surface area contributed by atoms with Gasteiger partial charge in [-0.25, -0.2) is 0 Å². The molecule has 1 aliphatic heterocycles. The molecule has 1 aliphatic carbocycles. The molecule has 2 amide bonds. The predicted octanol–water partition coefficient (Wildman–Crippen LogP) is 5.97. The first kappa shape index (κ1) is 28.1. The lowest BCUT2D eigenvalue weighted by Gasteiger charge is -2.40. The lowest BCUT2D eigenvalue weighted by Crippen LogP contribution is -2.57. The van der Waals surface area contributed by atoms with E-state index >= 15 is 0 Å². The fourth-order valence-corrected chi connectivity index (χ4v) is 5.81. The number of amides is 2. The van der Waals surface area contributed by atoms with Gasteiger partial charge in [0.15, 0.2) is 5.54 Å². The molecule has 1 heterocycles. The number of benzene rings is 3. The van der Waals surface area contributed by atoms with Crippen LogP contribution in [0.5, 0.6) is 5.75 Å². The Bertz CT molecular complexity index is 1470. The van der Waals surface area contributed by atoms with Crippen molar-refractivity contribution in [1.82, 2.24) is 10.2 Å². The summed E-state index contributed by atoms with van der Waals surface area (Å²) in [6.07, 6.45) is -0.290. The number of methoxy groups -OCH3 is 1. The Morgan fingerprint density at radius 3 is 2.29 bits per heavy atom. The van der Waals surface area contributed by atoms with E-state index in [-0.39, 0.29) is 35.0 Å². The van der Waals surface area contributed by atoms with Crippen molar-refractivity contribution >= 4 is 17.5 Å². The largest absolute Gasteiger partial charge is 0.497 e. The Morgan fingerprint density at radius 1 is 1.05 bits per heavy atom. The van der Waals surface area contributed by atoms with E-state index in [1.165, 1.54) is 36.3 Å². The highest BCUT2D eigenvalue weighted by Gasteiger charge is 2.57. The van der Waals surface area contributed by atoms with Gasteiger partial charge in [-0.1, -0.05) is 43.5 Å². The second-order valence-electron chi connectivity index (χ2n) is 10.3. The summed E-state index contributed by atoms with van der Waals surface area (Å²) in [6, 6.07) is 14.5. The molecule has 3 aromatic rings. The highest BCUT2D eigenvalue weighted by Crippen LogP contribution is 2.47. The van der Waals surface area contributed by atoms with Crippen LogP contribution in [-0.2, 0) is 23.1 Å². The summed E-state index contributed by atoms with van der Waals surface area (Å²) in [6.45, 7) is -0.0928. The summed E-state index contributed by atoms with van der Waals surface area (Å²) in [5, 5.41) is 14.7. The lowest BCUT2D eigenvalue weighted by molar-refractivity contribution is -0.384. The second kappa shape index (κ2) is 10.9. The molecule has 0 bridgehead atoms. The molecule has 214 valence electrons. The number of nitro benzene ring substituents is 1. The standard InChI is InChI=1S/C30H28F3N3O5/c1-41-24-14-7-19(8-15-24)18-35-27(37)25-17-23(36(39)40)13-16-26(25)29(35,28(38)34-22-5-3-2-4-6-22)20-9-11-21(12-10-20)30(31,32)33/h7-17,22H,2-6,18H2,1H3,(H,34,38). The molecule has 41 heavy (non-hydrogen) atoms. The summed E-state index contributed by atoms with van der Waals surface area (Å²) in [5.41, 5.74) is -2.21. The maximum atomic E-state index is 14.5. The molecule has 11 heteroatoms. The van der Waals surface area contributed by atoms with E-state index in [0.717, 1.165) is 50.3 Å². The zero-order valence-electron chi connectivity index (χ0n) is 22.2. The number of fused-ring (bicyclic) bond motifs is 1. The van der Waals surface area contributed by atoms with Crippen LogP contribution in [0.4, 0.5) is 18.9 Å². The molecule has 1 fully saturated rings. The smallest absolute Gasteiger partial charge is 0.416 e. The van der Waals surface area contributed by atoms with E-state index in [2.05, 4.69) is 5.32 Å². The number of halogens is 3. The summed E-state index contributed by atoms with van der Waals surface area (Å²) in [4.78, 5) is 40.7. The second-order valence-corrected chi connectivity index (χ2v) is 10.3. The maximum Gasteiger partial charge on any atom is 0.416 e. The number of carbonyl (C=O) groups is 2. The molecular formula is C30H28F3N3O5. The van der Waals surface area contributed by atoms with Crippen molar-refractivity contribution in [2.24, 2.45) is 0 Å². The van der Waals surface area contributed by atoms with Gasteiger partial charge < -0.3 is 15.0 Å². The van der Waals surface area contributed by atoms with Crippen LogP contribution in [0.25, 0.3) is 0 Å². The van der Waals surface area contributed by atoms with E-state index in [1.54, 1.807) is 24.3 Å². The number of ether oxygens (including phenoxy) is 1. The van der Waals surface area contributed by atoms with Crippen molar-refractivity contribution in [2.75, 3.05) is 7.11 Å². The lowest BCUT2D eigenvalue weighted by atomic mass is 9.80. The van der Waals surface area contributed by atoms with Crippen LogP contribution < -0.4 is 10.1 Å². The fourth-order valence-electron chi connectivity index (χ4n) is 5.81. The summed E-state index contributed by atoms with van der Waals surface area (Å²) < 4.78 is 45.7. The molecular weight excluding hydrogens is 539 g/mol. The third kappa shape index (κ3) is 5.12. The predicted molar refractivity (Wildman–Crippen MR) is 143 cm³/mol. The van der Waals surface area contributed by atoms with Gasteiger partial charge >= 0.3 is 6.18 Å². The van der Waals surface area contributed by atoms with E-state index in [0.29, 0.717) is 11.3 Å². The van der Waals surface area contributed by atoms with Gasteiger partial charge in [0, 0.05) is 30.3 Å². The van der Waals surface area contributed by atoms with Gasteiger partial charge in [0.2, 0.25) is 0 Å². The number of carbonyl (C=O) groups excluding carboxylic acids is 2. The topological polar surface area (TPSA) is 102 Å². The van der Waals surface area contributed by atoms with Crippen LogP contribution in [0.2, 0.25) is 0 Å². The Hall–Kier alpha value is -4.41. The van der Waals surface area contributed by atoms with Crippen molar-refractivity contribution in [3.8, 4) is 5.75 Å². The monoisotopic (exact) mass is 567 g/mol. The SMILES string of the molecule is COc1ccc(CN2C(=O)c3cc([N+](=O)[O-])ccc3C2(C(=O)NC2CCCCC2)c2ccc(C(F)(F)F)cc2)cc1. The van der Waals surface area contributed by atoms with Gasteiger partial charge in [-0.15, -0.1) is 0 Å². The summed E-state index contributed by atoms with van der Waals surface area (Å²) >= 11 is 0. The number of nitro groups is 1. The first-order chi connectivity index (χ1) is 19.5. The van der Waals surface area contributed by atoms with Crippen molar-refractivity contribution < 1.29 is 32.4 Å². The first-order valence-corrected chi connectivity index (χ1v) is 13.3. The number of hydrogen-bond donors (Lipinski definition) is 1. The third-order valence-corrected chi connectivity index (χ3v) is 7.88. The average Bonchev–Trinajstić information content (AvgIpc) is 3.21. The molecule has 0 saturated heterocycles. The molecule has 0 aromatic heterocycles. The minimum Gasteiger partial charge on any atom is -0.497 e. The average molecular weight is 568 g/mol. The van der Waals surface area contributed by atoms with Gasteiger partial charge in [0.1, 0.15) is 5.75 Å². The van der Waals surface area contributed by atoms with Crippen LogP contribution >= 0.6 is 0 Å². The maximum absolute atomic E-state index is 14.5. The summed E-state index contributed by atoms with van der Waals surface area (Å²) in [5.74, 6) is -0.638. The van der Waals surface area contributed by atoms with Crippen molar-refractivity contribution in [3.05, 3.63) is 105 Å². The molecule has 1 N–H and O–H groups in total. The van der Waals surface area contributed by atoms with E-state index in [9.17, 15) is 32.9 Å². The van der Waals surface area contributed by atoms with Gasteiger partial charge in [-0.05, 0) is 54.3 Å². The molecule has 8 nitrogen and oxygen atoms in total. The number of rotatable bonds is 7. The molecule has 1 saturated carbocycles. The van der Waals surface area contributed by atoms with Crippen molar-refractivity contribution in [1.29, 1.82) is 0 Å². The van der Waals surface area contributed by atoms with Gasteiger partial charge in [0.05, 0.1) is 23.2 Å². The molecule has 3 aromatic carbocycles. The van der Waals surface area contributed by atoms with Crippen LogP contribution in [0, 0.1) is 10.1 Å². The van der Waals surface area contributed by atoms with Crippen LogP contribution in [0.1, 0.15) is 64.7 Å². The zero-order chi connectivity index (χ0) is 29.4. The normalized spacial score (nSPS) is 19.1. The summed E-state index contributed by atoms with van der Waals surface area (Å²) in [7, 11) is 1.51. The minimum absolute atomic E-state index is 0.0496. The van der Waals surface area contributed by atoms with Crippen LogP contribution in [-0.4, -0.2) is 34.8 Å². The fraction of sp³-hybridized carbons (Fsp3) is 0.333. The Morgan fingerprint density at radius 2 is 1.71 bits per heavy atom. The first-order valence-electron chi connectivity index (χ1n) is 13.3. The Balaban J connectivity index is 1.71. The number of hydrogen-bond acceptors (Lipinski definition) is 5. The highest BCUT2D eigenvalue weighted by molar-refractivity contribution is 6.09. The van der Waals surface area contributed by atoms with E-state index in [4.69, 9.17) is 4.74 Å². The Labute approximate surface area is 234 Å². The highest BCUT2D eigenvalue weighted by atomic mass is 19.4. The molecule has 1 atom stereocenters.